The fourth-order valence-corrected chi connectivity index (χ4v) is 0.249. The first-order valence-corrected chi connectivity index (χ1v) is 2.01. The van der Waals surface area contributed by atoms with Crippen LogP contribution in [0.5, 0.6) is 0 Å². The maximum atomic E-state index is 9.93. The van der Waals surface area contributed by atoms with E-state index in [0.717, 1.165) is 6.54 Å². The molecule has 2 nitrogen and oxygen atoms in total. The zero-order valence-electron chi connectivity index (χ0n) is 4.69. The van der Waals surface area contributed by atoms with Crippen LogP contribution in [0.3, 0.4) is 0 Å². The molecule has 7 heavy (non-hydrogen) atoms. The molecule has 0 rings (SSSR count). The van der Waals surface area contributed by atoms with Gasteiger partial charge in [-0.3, -0.25) is 4.79 Å². The van der Waals surface area contributed by atoms with E-state index >= 15 is 0 Å². The van der Waals surface area contributed by atoms with Crippen molar-refractivity contribution in [1.29, 1.82) is 0 Å². The third-order valence-corrected chi connectivity index (χ3v) is 0.426. The summed E-state index contributed by atoms with van der Waals surface area (Å²) in [5.74, 6) is 0.0394. The van der Waals surface area contributed by atoms with Crippen molar-refractivity contribution in [2.75, 3.05) is 6.54 Å². The molecule has 1 N–H and O–H groups in total. The largest absolute Gasteiger partial charge is 0.357 e. The van der Waals surface area contributed by atoms with Gasteiger partial charge in [0.05, 0.1) is 0 Å². The first-order valence-electron chi connectivity index (χ1n) is 2.01. The molecule has 0 saturated carbocycles. The summed E-state index contributed by atoms with van der Waals surface area (Å²) in [5.41, 5.74) is 0. The van der Waals surface area contributed by atoms with Crippen molar-refractivity contribution in [3.05, 3.63) is 0 Å². The topological polar surface area (TPSA) is 29.1 Å². The zero-order chi connectivity index (χ0) is 4.99. The summed E-state index contributed by atoms with van der Waals surface area (Å²) in [5, 5.41) is 2.57. The van der Waals surface area contributed by atoms with E-state index in [9.17, 15) is 4.79 Å². The Labute approximate surface area is 68.9 Å². The van der Waals surface area contributed by atoms with Gasteiger partial charge in [-0.1, -0.05) is 0 Å². The molecule has 0 aromatic carbocycles. The smallest absolute Gasteiger partial charge is 0.216 e. The van der Waals surface area contributed by atoms with E-state index in [1.165, 1.54) is 6.92 Å². The molecule has 0 bridgehead atoms. The van der Waals surface area contributed by atoms with Crippen molar-refractivity contribution in [1.82, 2.24) is 5.32 Å². The Morgan fingerprint density at radius 2 is 2.14 bits per heavy atom. The van der Waals surface area contributed by atoms with E-state index in [0.29, 0.717) is 0 Å². The second-order valence-corrected chi connectivity index (χ2v) is 1.09. The maximum absolute atomic E-state index is 9.93. The zero-order valence-corrected chi connectivity index (χ0v) is 7.53. The van der Waals surface area contributed by atoms with Crippen molar-refractivity contribution in [3.8, 4) is 0 Å². The first kappa shape index (κ1) is 10.5. The van der Waals surface area contributed by atoms with Crippen LogP contribution in [0.25, 0.3) is 0 Å². The monoisotopic (exact) mass is 176 g/mol. The van der Waals surface area contributed by atoms with Gasteiger partial charge < -0.3 is 5.32 Å². The molecule has 1 radical (unpaired) electrons. The molecule has 0 heterocycles. The van der Waals surface area contributed by atoms with Crippen LogP contribution in [0.1, 0.15) is 13.8 Å². The van der Waals surface area contributed by atoms with Crippen molar-refractivity contribution in [3.63, 3.8) is 0 Å². The summed E-state index contributed by atoms with van der Waals surface area (Å²) in [7, 11) is 0. The van der Waals surface area contributed by atoms with Gasteiger partial charge >= 0.3 is 0 Å². The standard InChI is InChI=1S/C4H9NO.Y/c1-3-5-4(2)6;/h3H2,1-2H3,(H,5,6);. The van der Waals surface area contributed by atoms with Crippen LogP contribution < -0.4 is 5.32 Å². The molecule has 0 spiro atoms. The van der Waals surface area contributed by atoms with Gasteiger partial charge in [0.1, 0.15) is 0 Å². The number of carbonyl (C=O) groups excluding carboxylic acids is 1. The Kier molecular flexibility index (Phi) is 9.89. The van der Waals surface area contributed by atoms with Gasteiger partial charge in [0.2, 0.25) is 5.91 Å². The number of nitrogens with one attached hydrogen (secondary N) is 1. The summed E-state index contributed by atoms with van der Waals surface area (Å²) in [6, 6.07) is 0. The van der Waals surface area contributed by atoms with Crippen molar-refractivity contribution >= 4 is 5.91 Å². The molecular weight excluding hydrogens is 167 g/mol. The Hall–Kier alpha value is 0.574. The van der Waals surface area contributed by atoms with Crippen LogP contribution >= 0.6 is 0 Å². The molecule has 0 fully saturated rings. The Bertz CT molecular complexity index is 55.7. The predicted octanol–water partition coefficient (Wildman–Crippen LogP) is 0.140. The Balaban J connectivity index is 0. The summed E-state index contributed by atoms with van der Waals surface area (Å²) < 4.78 is 0. The molecule has 0 aliphatic heterocycles. The third-order valence-electron chi connectivity index (χ3n) is 0.426. The summed E-state index contributed by atoms with van der Waals surface area (Å²) >= 11 is 0. The van der Waals surface area contributed by atoms with Crippen LogP contribution in [0.4, 0.5) is 0 Å². The molecule has 0 aromatic rings. The molecule has 3 heteroatoms. The van der Waals surface area contributed by atoms with E-state index in [1.807, 2.05) is 6.92 Å². The quantitative estimate of drug-likeness (QED) is 0.604. The number of rotatable bonds is 1. The molecule has 0 aliphatic rings. The Morgan fingerprint density at radius 3 is 2.14 bits per heavy atom. The fraction of sp³-hybridized carbons (Fsp3) is 0.750. The minimum absolute atomic E-state index is 0. The average molecular weight is 176 g/mol. The molecule has 0 atom stereocenters. The fourth-order valence-electron chi connectivity index (χ4n) is 0.249. The van der Waals surface area contributed by atoms with E-state index in [2.05, 4.69) is 5.32 Å². The second-order valence-electron chi connectivity index (χ2n) is 1.09. The minimum atomic E-state index is 0. The SMILES string of the molecule is CCNC(C)=O.[Y]. The van der Waals surface area contributed by atoms with E-state index < -0.39 is 0 Å². The molecule has 0 saturated heterocycles. The van der Waals surface area contributed by atoms with Crippen molar-refractivity contribution < 1.29 is 37.5 Å². The summed E-state index contributed by atoms with van der Waals surface area (Å²) in [4.78, 5) is 9.93. The van der Waals surface area contributed by atoms with E-state index in [1.54, 1.807) is 0 Å². The van der Waals surface area contributed by atoms with Gasteiger partial charge in [-0.15, -0.1) is 0 Å². The van der Waals surface area contributed by atoms with Crippen LogP contribution in [0, 0.1) is 0 Å². The summed E-state index contributed by atoms with van der Waals surface area (Å²) in [6.07, 6.45) is 0. The summed E-state index contributed by atoms with van der Waals surface area (Å²) in [6.45, 7) is 4.13. The first-order chi connectivity index (χ1) is 2.77. The number of hydrogen-bond donors (Lipinski definition) is 1. The third kappa shape index (κ3) is 10.8. The van der Waals surface area contributed by atoms with Gasteiger partial charge in [0, 0.05) is 46.2 Å². The number of hydrogen-bond acceptors (Lipinski definition) is 1. The Morgan fingerprint density at radius 1 is 1.71 bits per heavy atom. The second kappa shape index (κ2) is 6.57. The van der Waals surface area contributed by atoms with Crippen LogP contribution in [0.15, 0.2) is 0 Å². The van der Waals surface area contributed by atoms with Crippen LogP contribution in [-0.2, 0) is 37.5 Å². The molecular formula is C4H9NOY. The normalized spacial score (nSPS) is 6.57. The van der Waals surface area contributed by atoms with Crippen LogP contribution in [-0.4, -0.2) is 12.5 Å². The van der Waals surface area contributed by atoms with Gasteiger partial charge in [0.25, 0.3) is 0 Å². The molecule has 0 unspecified atom stereocenters. The maximum Gasteiger partial charge on any atom is 0.216 e. The van der Waals surface area contributed by atoms with Gasteiger partial charge in [0.15, 0.2) is 0 Å². The van der Waals surface area contributed by atoms with Crippen LogP contribution in [0.2, 0.25) is 0 Å². The van der Waals surface area contributed by atoms with Crippen molar-refractivity contribution in [2.45, 2.75) is 13.8 Å². The van der Waals surface area contributed by atoms with Gasteiger partial charge in [-0.25, -0.2) is 0 Å². The molecule has 0 aliphatic carbocycles. The molecule has 0 aromatic heterocycles. The molecule has 39 valence electrons. The molecule has 1 amide bonds. The number of amides is 1. The van der Waals surface area contributed by atoms with Gasteiger partial charge in [-0.2, -0.15) is 0 Å². The number of carbonyl (C=O) groups is 1. The van der Waals surface area contributed by atoms with E-state index in [-0.39, 0.29) is 38.6 Å². The predicted molar refractivity (Wildman–Crippen MR) is 24.4 cm³/mol. The minimum Gasteiger partial charge on any atom is -0.357 e. The van der Waals surface area contributed by atoms with Gasteiger partial charge in [-0.05, 0) is 6.92 Å². The average Bonchev–Trinajstić information content (AvgIpc) is 1.35. The van der Waals surface area contributed by atoms with Crippen molar-refractivity contribution in [2.24, 2.45) is 0 Å². The van der Waals surface area contributed by atoms with E-state index in [4.69, 9.17) is 0 Å².